The summed E-state index contributed by atoms with van der Waals surface area (Å²) in [5, 5.41) is 0. The van der Waals surface area contributed by atoms with Gasteiger partial charge in [-0.15, -0.1) is 0 Å². The number of aromatic amines is 1. The minimum atomic E-state index is -0.344. The number of fused-ring (bicyclic) bond motifs is 1. The Hall–Kier alpha value is -1.66. The molecule has 0 bridgehead atoms. The SMILES string of the molecule is CCCOC1CCCC(N2CCC(n3c(=O)[nH]c4c(F)cc(C)cc43)CC2)C1. The number of hydrogen-bond acceptors (Lipinski definition) is 3. The average Bonchev–Trinajstić information content (AvgIpc) is 3.03. The number of nitrogens with one attached hydrogen (secondary N) is 1. The molecule has 0 spiro atoms. The third-order valence-corrected chi connectivity index (χ3v) is 6.46. The Kier molecular flexibility index (Phi) is 5.88. The molecule has 0 radical (unpaired) electrons. The Morgan fingerprint density at radius 1 is 1.18 bits per heavy atom. The number of aryl methyl sites for hydroxylation is 1. The third-order valence-electron chi connectivity index (χ3n) is 6.46. The van der Waals surface area contributed by atoms with Crippen LogP contribution in [-0.2, 0) is 4.74 Å². The summed E-state index contributed by atoms with van der Waals surface area (Å²) in [6, 6.07) is 4.12. The number of hydrogen-bond donors (Lipinski definition) is 1. The Labute approximate surface area is 165 Å². The van der Waals surface area contributed by atoms with E-state index in [1.807, 2.05) is 13.0 Å². The summed E-state index contributed by atoms with van der Waals surface area (Å²) >= 11 is 0. The Bertz CT molecular complexity index is 867. The highest BCUT2D eigenvalue weighted by atomic mass is 19.1. The maximum Gasteiger partial charge on any atom is 0.326 e. The van der Waals surface area contributed by atoms with Gasteiger partial charge in [-0.1, -0.05) is 6.92 Å². The van der Waals surface area contributed by atoms with Crippen LogP contribution in [0.2, 0.25) is 0 Å². The van der Waals surface area contributed by atoms with Gasteiger partial charge < -0.3 is 14.6 Å². The standard InChI is InChI=1S/C22H32FN3O2/c1-3-11-28-18-6-4-5-17(14-18)25-9-7-16(8-10-25)26-20-13-15(2)12-19(23)21(20)24-22(26)27/h12-13,16-18H,3-11,14H2,1-2H3,(H,24,27). The van der Waals surface area contributed by atoms with Crippen LogP contribution in [-0.4, -0.2) is 46.3 Å². The third kappa shape index (κ3) is 3.90. The Morgan fingerprint density at radius 3 is 2.71 bits per heavy atom. The van der Waals surface area contributed by atoms with E-state index in [4.69, 9.17) is 4.74 Å². The van der Waals surface area contributed by atoms with Gasteiger partial charge in [-0.25, -0.2) is 9.18 Å². The van der Waals surface area contributed by atoms with Crippen molar-refractivity contribution in [1.29, 1.82) is 0 Å². The van der Waals surface area contributed by atoms with Gasteiger partial charge in [-0.3, -0.25) is 4.57 Å². The van der Waals surface area contributed by atoms with Crippen LogP contribution in [0.15, 0.2) is 16.9 Å². The van der Waals surface area contributed by atoms with E-state index in [-0.39, 0.29) is 17.5 Å². The number of rotatable bonds is 5. The molecule has 2 fully saturated rings. The molecule has 2 aromatic rings. The van der Waals surface area contributed by atoms with Crippen molar-refractivity contribution in [2.24, 2.45) is 0 Å². The number of piperidine rings is 1. The topological polar surface area (TPSA) is 50.3 Å². The summed E-state index contributed by atoms with van der Waals surface area (Å²) in [5.41, 5.74) is 1.69. The fraction of sp³-hybridized carbons (Fsp3) is 0.682. The largest absolute Gasteiger partial charge is 0.378 e. The molecule has 154 valence electrons. The molecule has 5 nitrogen and oxygen atoms in total. The predicted octanol–water partition coefficient (Wildman–Crippen LogP) is 4.15. The van der Waals surface area contributed by atoms with Crippen molar-refractivity contribution in [1.82, 2.24) is 14.5 Å². The maximum absolute atomic E-state index is 14.2. The summed E-state index contributed by atoms with van der Waals surface area (Å²) in [4.78, 5) is 17.8. The predicted molar refractivity (Wildman–Crippen MR) is 109 cm³/mol. The van der Waals surface area contributed by atoms with Crippen molar-refractivity contribution in [3.63, 3.8) is 0 Å². The number of aromatic nitrogens is 2. The molecule has 6 heteroatoms. The lowest BCUT2D eigenvalue weighted by Gasteiger charge is -2.41. The van der Waals surface area contributed by atoms with Crippen molar-refractivity contribution in [3.05, 3.63) is 34.0 Å². The number of benzene rings is 1. The van der Waals surface area contributed by atoms with E-state index in [0.29, 0.717) is 23.2 Å². The second kappa shape index (κ2) is 8.37. The Balaban J connectivity index is 1.44. The van der Waals surface area contributed by atoms with Gasteiger partial charge in [-0.2, -0.15) is 0 Å². The van der Waals surface area contributed by atoms with Gasteiger partial charge in [0, 0.05) is 31.8 Å². The smallest absolute Gasteiger partial charge is 0.326 e. The first-order valence-electron chi connectivity index (χ1n) is 10.8. The molecular weight excluding hydrogens is 357 g/mol. The second-order valence-electron chi connectivity index (χ2n) is 8.52. The first kappa shape index (κ1) is 19.6. The van der Waals surface area contributed by atoms with Crippen LogP contribution in [0.1, 0.15) is 63.5 Å². The number of halogens is 1. The second-order valence-corrected chi connectivity index (χ2v) is 8.52. The van der Waals surface area contributed by atoms with Gasteiger partial charge in [0.1, 0.15) is 11.3 Å². The molecule has 1 aromatic heterocycles. The minimum Gasteiger partial charge on any atom is -0.378 e. The van der Waals surface area contributed by atoms with Gasteiger partial charge in [0.2, 0.25) is 0 Å². The molecule has 0 amide bonds. The highest BCUT2D eigenvalue weighted by Crippen LogP contribution is 2.31. The highest BCUT2D eigenvalue weighted by molar-refractivity contribution is 5.77. The number of ether oxygens (including phenoxy) is 1. The summed E-state index contributed by atoms with van der Waals surface area (Å²) < 4.78 is 22.0. The van der Waals surface area contributed by atoms with Gasteiger partial charge in [0.25, 0.3) is 0 Å². The monoisotopic (exact) mass is 389 g/mol. The highest BCUT2D eigenvalue weighted by Gasteiger charge is 2.31. The van der Waals surface area contributed by atoms with E-state index in [1.165, 1.54) is 25.3 Å². The molecule has 1 saturated heterocycles. The number of H-pyrrole nitrogens is 1. The quantitative estimate of drug-likeness (QED) is 0.836. The first-order chi connectivity index (χ1) is 13.6. The number of likely N-dealkylation sites (tertiary alicyclic amines) is 1. The molecule has 2 unspecified atom stereocenters. The summed E-state index contributed by atoms with van der Waals surface area (Å²) in [7, 11) is 0. The van der Waals surface area contributed by atoms with Crippen molar-refractivity contribution in [3.8, 4) is 0 Å². The van der Waals surface area contributed by atoms with Crippen LogP contribution < -0.4 is 5.69 Å². The zero-order valence-electron chi connectivity index (χ0n) is 17.0. The molecular formula is C22H32FN3O2. The van der Waals surface area contributed by atoms with E-state index in [2.05, 4.69) is 16.8 Å². The minimum absolute atomic E-state index is 0.134. The van der Waals surface area contributed by atoms with Crippen LogP contribution >= 0.6 is 0 Å². The average molecular weight is 390 g/mol. The lowest BCUT2D eigenvalue weighted by Crippen LogP contribution is -2.46. The molecule has 1 aliphatic heterocycles. The molecule has 2 atom stereocenters. The van der Waals surface area contributed by atoms with E-state index < -0.39 is 0 Å². The van der Waals surface area contributed by atoms with Crippen LogP contribution in [0.4, 0.5) is 4.39 Å². The molecule has 1 saturated carbocycles. The van der Waals surface area contributed by atoms with Crippen LogP contribution in [0.25, 0.3) is 11.0 Å². The van der Waals surface area contributed by atoms with Crippen molar-refractivity contribution < 1.29 is 9.13 Å². The summed E-state index contributed by atoms with van der Waals surface area (Å²) in [6.07, 6.45) is 8.13. The van der Waals surface area contributed by atoms with Crippen LogP contribution in [0.3, 0.4) is 0 Å². The van der Waals surface area contributed by atoms with Gasteiger partial charge in [0.05, 0.1) is 11.6 Å². The molecule has 1 aromatic carbocycles. The van der Waals surface area contributed by atoms with E-state index >= 15 is 0 Å². The van der Waals surface area contributed by atoms with Crippen molar-refractivity contribution in [2.75, 3.05) is 19.7 Å². The zero-order valence-corrected chi connectivity index (χ0v) is 17.0. The first-order valence-corrected chi connectivity index (χ1v) is 10.8. The van der Waals surface area contributed by atoms with E-state index in [9.17, 15) is 9.18 Å². The zero-order chi connectivity index (χ0) is 19.7. The van der Waals surface area contributed by atoms with Gasteiger partial charge >= 0.3 is 5.69 Å². The molecule has 4 rings (SSSR count). The molecule has 28 heavy (non-hydrogen) atoms. The van der Waals surface area contributed by atoms with Crippen LogP contribution in [0, 0.1) is 12.7 Å². The van der Waals surface area contributed by atoms with Crippen molar-refractivity contribution >= 4 is 11.0 Å². The molecule has 2 aliphatic rings. The van der Waals surface area contributed by atoms with E-state index in [1.54, 1.807) is 4.57 Å². The fourth-order valence-electron chi connectivity index (χ4n) is 5.07. The normalized spacial score (nSPS) is 24.8. The van der Waals surface area contributed by atoms with Gasteiger partial charge in [-0.05, 0) is 69.6 Å². The molecule has 1 N–H and O–H groups in total. The van der Waals surface area contributed by atoms with E-state index in [0.717, 1.165) is 50.9 Å². The van der Waals surface area contributed by atoms with Crippen LogP contribution in [0.5, 0.6) is 0 Å². The number of nitrogens with zero attached hydrogens (tertiary/aromatic N) is 2. The number of imidazole rings is 1. The van der Waals surface area contributed by atoms with Gasteiger partial charge in [0.15, 0.2) is 0 Å². The lowest BCUT2D eigenvalue weighted by molar-refractivity contribution is -0.00714. The fourth-order valence-corrected chi connectivity index (χ4v) is 5.07. The molecule has 1 aliphatic carbocycles. The Morgan fingerprint density at radius 2 is 1.96 bits per heavy atom. The lowest BCUT2D eigenvalue weighted by atomic mass is 9.90. The molecule has 2 heterocycles. The van der Waals surface area contributed by atoms with Crippen molar-refractivity contribution in [2.45, 2.75) is 77.0 Å². The summed E-state index contributed by atoms with van der Waals surface area (Å²) in [6.45, 7) is 6.86. The summed E-state index contributed by atoms with van der Waals surface area (Å²) in [5.74, 6) is -0.344. The maximum atomic E-state index is 14.2.